The van der Waals surface area contributed by atoms with Crippen LogP contribution < -0.4 is 15.4 Å². The van der Waals surface area contributed by atoms with Crippen LogP contribution in [0.25, 0.3) is 0 Å². The molecule has 0 saturated heterocycles. The van der Waals surface area contributed by atoms with E-state index in [2.05, 4.69) is 45.1 Å². The molecule has 0 spiro atoms. The molecule has 7 heteroatoms. The maximum absolute atomic E-state index is 5.73. The van der Waals surface area contributed by atoms with Crippen molar-refractivity contribution < 1.29 is 4.74 Å². The van der Waals surface area contributed by atoms with Gasteiger partial charge in [0.2, 0.25) is 0 Å². The summed E-state index contributed by atoms with van der Waals surface area (Å²) in [5, 5.41) is 6.88. The van der Waals surface area contributed by atoms with E-state index in [9.17, 15) is 0 Å². The molecule has 0 amide bonds. The maximum Gasteiger partial charge on any atom is 0.191 e. The Morgan fingerprint density at radius 2 is 2.19 bits per heavy atom. The summed E-state index contributed by atoms with van der Waals surface area (Å²) in [6.45, 7) is 6.74. The molecule has 1 aliphatic rings. The van der Waals surface area contributed by atoms with Gasteiger partial charge in [-0.3, -0.25) is 4.99 Å². The van der Waals surface area contributed by atoms with Crippen molar-refractivity contribution in [3.8, 4) is 5.75 Å². The van der Waals surface area contributed by atoms with Crippen LogP contribution in [0.15, 0.2) is 41.7 Å². The summed E-state index contributed by atoms with van der Waals surface area (Å²) in [5.74, 6) is 3.34. The number of nitrogens with zero attached hydrogens (tertiary/aromatic N) is 3. The third kappa shape index (κ3) is 5.12. The zero-order valence-corrected chi connectivity index (χ0v) is 17.9. The fraction of sp³-hybridized carbons (Fsp3) is 0.474. The van der Waals surface area contributed by atoms with Gasteiger partial charge in [-0.15, -0.1) is 24.0 Å². The Morgan fingerprint density at radius 1 is 1.38 bits per heavy atom. The first-order valence-corrected chi connectivity index (χ1v) is 8.86. The highest BCUT2D eigenvalue weighted by atomic mass is 127. The molecule has 2 heterocycles. The van der Waals surface area contributed by atoms with Gasteiger partial charge in [-0.05, 0) is 12.0 Å². The third-order valence-corrected chi connectivity index (χ3v) is 4.27. The van der Waals surface area contributed by atoms with Crippen LogP contribution in [0.5, 0.6) is 5.75 Å². The van der Waals surface area contributed by atoms with Gasteiger partial charge in [-0.25, -0.2) is 4.98 Å². The second-order valence-electron chi connectivity index (χ2n) is 6.69. The highest BCUT2D eigenvalue weighted by Gasteiger charge is 2.21. The molecule has 3 rings (SSSR count). The van der Waals surface area contributed by atoms with E-state index in [1.54, 1.807) is 7.05 Å². The molecule has 6 nitrogen and oxygen atoms in total. The smallest absolute Gasteiger partial charge is 0.191 e. The lowest BCUT2D eigenvalue weighted by Gasteiger charge is -2.28. The third-order valence-electron chi connectivity index (χ3n) is 4.27. The minimum absolute atomic E-state index is 0. The molecular weight excluding hydrogens is 441 g/mol. The van der Waals surface area contributed by atoms with Gasteiger partial charge in [0, 0.05) is 38.0 Å². The normalized spacial score (nSPS) is 16.5. The molecule has 0 aliphatic carbocycles. The zero-order chi connectivity index (χ0) is 17.6. The lowest BCUT2D eigenvalue weighted by atomic mass is 10.0. The number of aliphatic imine (C=N–C) groups is 1. The Morgan fingerprint density at radius 3 is 2.96 bits per heavy atom. The van der Waals surface area contributed by atoms with Crippen LogP contribution >= 0.6 is 24.0 Å². The van der Waals surface area contributed by atoms with E-state index < -0.39 is 0 Å². The van der Waals surface area contributed by atoms with Gasteiger partial charge < -0.3 is 19.9 Å². The summed E-state index contributed by atoms with van der Waals surface area (Å²) < 4.78 is 7.92. The number of para-hydroxylation sites is 1. The summed E-state index contributed by atoms with van der Waals surface area (Å²) in [4.78, 5) is 8.82. The number of benzene rings is 1. The van der Waals surface area contributed by atoms with Crippen LogP contribution in [0.3, 0.4) is 0 Å². The minimum Gasteiger partial charge on any atom is -0.493 e. The number of ether oxygens (including phenoxy) is 1. The number of aromatic nitrogens is 2. The first-order valence-electron chi connectivity index (χ1n) is 8.86. The van der Waals surface area contributed by atoms with E-state index in [1.165, 1.54) is 5.56 Å². The number of rotatable bonds is 5. The first-order chi connectivity index (χ1) is 12.2. The Hall–Kier alpha value is -1.77. The molecule has 1 unspecified atom stereocenters. The average Bonchev–Trinajstić information content (AvgIpc) is 3.05. The molecule has 142 valence electrons. The van der Waals surface area contributed by atoms with Gasteiger partial charge in [-0.2, -0.15) is 0 Å². The molecule has 0 radical (unpaired) electrons. The molecule has 2 N–H and O–H groups in total. The molecule has 0 bridgehead atoms. The molecule has 0 saturated carbocycles. The summed E-state index contributed by atoms with van der Waals surface area (Å²) in [7, 11) is 1.79. The Labute approximate surface area is 172 Å². The van der Waals surface area contributed by atoms with Crippen molar-refractivity contribution in [3.05, 3.63) is 48.0 Å². The summed E-state index contributed by atoms with van der Waals surface area (Å²) >= 11 is 0. The van der Waals surface area contributed by atoms with Crippen LogP contribution in [-0.2, 0) is 13.1 Å². The quantitative estimate of drug-likeness (QED) is 0.401. The number of fused-ring (bicyclic) bond motifs is 1. The topological polar surface area (TPSA) is 63.5 Å². The molecule has 1 aromatic heterocycles. The number of guanidine groups is 1. The van der Waals surface area contributed by atoms with E-state index >= 15 is 0 Å². The maximum atomic E-state index is 5.73. The Bertz CT molecular complexity index is 728. The van der Waals surface area contributed by atoms with Crippen molar-refractivity contribution in [2.45, 2.75) is 39.4 Å². The van der Waals surface area contributed by atoms with Crippen molar-refractivity contribution >= 4 is 29.9 Å². The van der Waals surface area contributed by atoms with Gasteiger partial charge in [0.15, 0.2) is 5.96 Å². The molecule has 2 aromatic rings. The van der Waals surface area contributed by atoms with Gasteiger partial charge in [0.25, 0.3) is 0 Å². The molecule has 1 aliphatic heterocycles. The molecule has 0 fully saturated rings. The van der Waals surface area contributed by atoms with Crippen LogP contribution in [0.4, 0.5) is 0 Å². The summed E-state index contributed by atoms with van der Waals surface area (Å²) in [6, 6.07) is 8.37. The van der Waals surface area contributed by atoms with E-state index in [0.717, 1.165) is 30.5 Å². The van der Waals surface area contributed by atoms with E-state index in [4.69, 9.17) is 4.74 Å². The van der Waals surface area contributed by atoms with E-state index in [1.807, 2.05) is 30.6 Å². The van der Waals surface area contributed by atoms with Crippen LogP contribution in [0.2, 0.25) is 0 Å². The van der Waals surface area contributed by atoms with Crippen LogP contribution in [0.1, 0.15) is 37.7 Å². The van der Waals surface area contributed by atoms with Gasteiger partial charge >= 0.3 is 0 Å². The second-order valence-corrected chi connectivity index (χ2v) is 6.69. The number of imidazole rings is 1. The number of hydrogen-bond acceptors (Lipinski definition) is 3. The van der Waals surface area contributed by atoms with Crippen molar-refractivity contribution in [3.63, 3.8) is 0 Å². The molecule has 1 atom stereocenters. The second kappa shape index (κ2) is 9.80. The number of hydrogen-bond donors (Lipinski definition) is 2. The van der Waals surface area contributed by atoms with Gasteiger partial charge in [-0.1, -0.05) is 32.0 Å². The lowest BCUT2D eigenvalue weighted by molar-refractivity contribution is 0.261. The van der Waals surface area contributed by atoms with Crippen molar-refractivity contribution in [1.29, 1.82) is 0 Å². The SMILES string of the molecule is CN=C(NCc1nccn1CC(C)C)NC1CCOc2ccccc21.I. The number of nitrogens with one attached hydrogen (secondary N) is 2. The average molecular weight is 469 g/mol. The van der Waals surface area contributed by atoms with Crippen LogP contribution in [0, 0.1) is 5.92 Å². The summed E-state index contributed by atoms with van der Waals surface area (Å²) in [6.07, 6.45) is 4.80. The first kappa shape index (κ1) is 20.5. The van der Waals surface area contributed by atoms with Crippen molar-refractivity contribution in [2.75, 3.05) is 13.7 Å². The number of halogens is 1. The molecular formula is C19H28IN5O. The van der Waals surface area contributed by atoms with Crippen molar-refractivity contribution in [2.24, 2.45) is 10.9 Å². The zero-order valence-electron chi connectivity index (χ0n) is 15.6. The Balaban J connectivity index is 0.00000243. The van der Waals surface area contributed by atoms with Crippen molar-refractivity contribution in [1.82, 2.24) is 20.2 Å². The van der Waals surface area contributed by atoms with Gasteiger partial charge in [0.1, 0.15) is 11.6 Å². The fourth-order valence-corrected chi connectivity index (χ4v) is 3.08. The minimum atomic E-state index is 0. The predicted molar refractivity (Wildman–Crippen MR) is 115 cm³/mol. The Kier molecular flexibility index (Phi) is 7.74. The van der Waals surface area contributed by atoms with Crippen LogP contribution in [-0.4, -0.2) is 29.2 Å². The fourth-order valence-electron chi connectivity index (χ4n) is 3.08. The molecule has 26 heavy (non-hydrogen) atoms. The standard InChI is InChI=1S/C19H27N5O.HI/c1-14(2)13-24-10-9-21-18(24)12-22-19(20-3)23-16-8-11-25-17-7-5-4-6-15(16)17;/h4-7,9-10,14,16H,8,11-13H2,1-3H3,(H2,20,22,23);1H. The highest BCUT2D eigenvalue weighted by molar-refractivity contribution is 14.0. The lowest BCUT2D eigenvalue weighted by Crippen LogP contribution is -2.41. The largest absolute Gasteiger partial charge is 0.493 e. The summed E-state index contributed by atoms with van der Waals surface area (Å²) in [5.41, 5.74) is 1.18. The van der Waals surface area contributed by atoms with Gasteiger partial charge in [0.05, 0.1) is 19.2 Å². The highest BCUT2D eigenvalue weighted by Crippen LogP contribution is 2.31. The van der Waals surface area contributed by atoms with E-state index in [-0.39, 0.29) is 30.0 Å². The predicted octanol–water partition coefficient (Wildman–Crippen LogP) is 3.35. The monoisotopic (exact) mass is 469 g/mol. The molecule has 1 aromatic carbocycles. The van der Waals surface area contributed by atoms with E-state index in [0.29, 0.717) is 19.1 Å².